The van der Waals surface area contributed by atoms with Gasteiger partial charge < -0.3 is 68.9 Å². The number of nitrogens with zero attached hydrogens (tertiary/aromatic N) is 7. The maximum absolute atomic E-state index is 14.1. The first-order valence-electron chi connectivity index (χ1n) is 29.1. The molecule has 4 aromatic rings. The average Bonchev–Trinajstić information content (AvgIpc) is 1.67. The fourth-order valence-electron chi connectivity index (χ4n) is 10.0. The number of aliphatic hydroxyl groups is 1. The van der Waals surface area contributed by atoms with Crippen molar-refractivity contribution in [2.45, 2.75) is 97.6 Å². The molecular weight excluding hydrogens is 1130 g/mol. The molecule has 7 rings (SSSR count). The number of aromatic nitrogens is 2. The fourth-order valence-corrected chi connectivity index (χ4v) is 10.0. The molecule has 3 aliphatic heterocycles. The number of likely N-dealkylation sites (N-methyl/N-ethyl adjacent to an activating group) is 3. The first-order valence-corrected chi connectivity index (χ1v) is 29.1. The highest BCUT2D eigenvalue weighted by atomic mass is 16.6. The molecule has 2 aromatic carbocycles. The van der Waals surface area contributed by atoms with E-state index in [1.165, 1.54) is 33.9 Å². The van der Waals surface area contributed by atoms with Gasteiger partial charge in [0.15, 0.2) is 5.60 Å². The van der Waals surface area contributed by atoms with E-state index in [9.17, 15) is 53.1 Å². The Balaban J connectivity index is 0.912. The minimum absolute atomic E-state index is 0.00708. The van der Waals surface area contributed by atoms with E-state index in [2.05, 4.69) is 16.0 Å². The number of cyclic esters (lactones) is 1. The molecular formula is C61H78N10O16. The van der Waals surface area contributed by atoms with Crippen LogP contribution in [-0.4, -0.2) is 193 Å². The Kier molecular flexibility index (Phi) is 22.7. The minimum Gasteiger partial charge on any atom is -0.458 e. The van der Waals surface area contributed by atoms with Crippen molar-refractivity contribution in [1.29, 1.82) is 0 Å². The molecule has 468 valence electrons. The van der Waals surface area contributed by atoms with Gasteiger partial charge in [-0.25, -0.2) is 24.2 Å². The van der Waals surface area contributed by atoms with E-state index in [1.807, 2.05) is 25.9 Å². The topological polar surface area (TPSA) is 307 Å². The van der Waals surface area contributed by atoms with Gasteiger partial charge >= 0.3 is 24.2 Å². The van der Waals surface area contributed by atoms with Crippen molar-refractivity contribution >= 4 is 70.4 Å². The Bertz CT molecular complexity index is 3310. The van der Waals surface area contributed by atoms with E-state index in [0.29, 0.717) is 72.3 Å². The molecule has 0 saturated heterocycles. The van der Waals surface area contributed by atoms with Gasteiger partial charge in [-0.15, -0.1) is 0 Å². The number of benzene rings is 2. The molecule has 0 aliphatic carbocycles. The van der Waals surface area contributed by atoms with Gasteiger partial charge in [-0.05, 0) is 93.2 Å². The highest BCUT2D eigenvalue weighted by Gasteiger charge is 2.45. The third kappa shape index (κ3) is 16.6. The van der Waals surface area contributed by atoms with Crippen molar-refractivity contribution in [3.63, 3.8) is 0 Å². The zero-order valence-electron chi connectivity index (χ0n) is 50.6. The highest BCUT2D eigenvalue weighted by Crippen LogP contribution is 2.41. The first kappa shape index (κ1) is 65.8. The van der Waals surface area contributed by atoms with Gasteiger partial charge in [-0.1, -0.05) is 46.2 Å². The lowest BCUT2D eigenvalue weighted by Gasteiger charge is -2.31. The third-order valence-corrected chi connectivity index (χ3v) is 15.2. The van der Waals surface area contributed by atoms with Crippen LogP contribution in [0.1, 0.15) is 87.6 Å². The summed E-state index contributed by atoms with van der Waals surface area (Å²) in [7, 11) is 6.94. The van der Waals surface area contributed by atoms with Crippen molar-refractivity contribution in [3.05, 3.63) is 98.9 Å². The van der Waals surface area contributed by atoms with Crippen LogP contribution in [0.5, 0.6) is 5.75 Å². The van der Waals surface area contributed by atoms with E-state index < -0.39 is 47.7 Å². The van der Waals surface area contributed by atoms with Crippen molar-refractivity contribution in [1.82, 2.24) is 44.7 Å². The Hall–Kier alpha value is -8.75. The van der Waals surface area contributed by atoms with Gasteiger partial charge in [0, 0.05) is 94.1 Å². The summed E-state index contributed by atoms with van der Waals surface area (Å²) >= 11 is 0. The Morgan fingerprint density at radius 1 is 0.782 bits per heavy atom. The summed E-state index contributed by atoms with van der Waals surface area (Å²) in [6.07, 6.45) is 2.78. The number of hydrogen-bond donors (Lipinski definition) is 4. The Morgan fingerprint density at radius 2 is 1.48 bits per heavy atom. The van der Waals surface area contributed by atoms with Crippen LogP contribution in [0.25, 0.3) is 22.3 Å². The Labute approximate surface area is 504 Å². The van der Waals surface area contributed by atoms with E-state index in [-0.39, 0.29) is 131 Å². The second kappa shape index (κ2) is 30.1. The van der Waals surface area contributed by atoms with E-state index in [1.54, 1.807) is 80.9 Å². The number of amides is 8. The molecule has 3 aliphatic rings. The number of ether oxygens (including phenoxy) is 5. The number of carbonyl (C=O) groups is 9. The number of pyridine rings is 2. The summed E-state index contributed by atoms with van der Waals surface area (Å²) in [6.45, 7) is 7.99. The zero-order chi connectivity index (χ0) is 63.1. The number of anilines is 1. The van der Waals surface area contributed by atoms with E-state index in [0.717, 1.165) is 16.0 Å². The lowest BCUT2D eigenvalue weighted by Crippen LogP contribution is -2.51. The number of imide groups is 1. The lowest BCUT2D eigenvalue weighted by molar-refractivity contribution is -0.172. The monoisotopic (exact) mass is 1210 g/mol. The molecule has 0 spiro atoms. The van der Waals surface area contributed by atoms with Crippen molar-refractivity contribution < 1.29 is 71.9 Å². The molecule has 0 radical (unpaired) electrons. The van der Waals surface area contributed by atoms with Crippen LogP contribution in [0.15, 0.2) is 65.5 Å². The predicted molar refractivity (Wildman–Crippen MR) is 317 cm³/mol. The SMILES string of the molecule is CCc1c2c(nc3ccc(OC(=O)N(CCOCCOC(=O)N(C)CCN(C)C)CCN(C)C(=O)OCc4ccc(NC(=O)CNC(=O)[C@@H](NC(=O)CCCCCN5C(=O)C=CC5=O)C(C)C)cc4)cc13)-c1cc3c(c(=O)n1C2)COC(=O)[C@@]3(O)CC. The molecule has 2 aromatic heterocycles. The molecule has 0 saturated carbocycles. The quantitative estimate of drug-likeness (QED) is 0.0227. The van der Waals surface area contributed by atoms with E-state index in [4.69, 9.17) is 28.7 Å². The standard InChI is InChI=1S/C61H78N10O16/c1-9-42-43-32-41(19-20-47(43)64-54-44(42)35-71-48(54)33-46-45(56(71)77)37-85-57(78)61(46,82)10-2)87-60(81)69(28-29-83-30-31-84-58(79)67(7)25-24-66(5)6)27-26-68(8)59(80)86-36-39-15-17-40(18-16-39)63-50(73)34-62-55(76)53(38(3)4)65-49(72)14-12-11-13-23-70-51(74)21-22-52(70)75/h15-22,32-33,38,53,82H,9-14,23-31,34-37H2,1-8H3,(H,62,76)(H,63,73)(H,65,72)/t53-,61+/m0/s1. The van der Waals surface area contributed by atoms with Gasteiger partial charge in [0.25, 0.3) is 17.4 Å². The van der Waals surface area contributed by atoms with E-state index >= 15 is 0 Å². The molecule has 26 nitrogen and oxygen atoms in total. The molecule has 8 amide bonds. The van der Waals surface area contributed by atoms with Crippen LogP contribution in [0.4, 0.5) is 20.1 Å². The average molecular weight is 1210 g/mol. The minimum atomic E-state index is -1.98. The Morgan fingerprint density at radius 3 is 2.16 bits per heavy atom. The molecule has 4 N–H and O–H groups in total. The molecule has 5 heterocycles. The second-order valence-electron chi connectivity index (χ2n) is 22.1. The van der Waals surface area contributed by atoms with Gasteiger partial charge in [0.2, 0.25) is 17.7 Å². The smallest absolute Gasteiger partial charge is 0.415 e. The van der Waals surface area contributed by atoms with Crippen LogP contribution < -0.4 is 26.2 Å². The summed E-state index contributed by atoms with van der Waals surface area (Å²) in [4.78, 5) is 141. The number of esters is 1. The largest absolute Gasteiger partial charge is 0.458 e. The molecule has 0 fully saturated rings. The van der Waals surface area contributed by atoms with Crippen molar-refractivity contribution in [2.24, 2.45) is 5.92 Å². The van der Waals surface area contributed by atoms with Crippen LogP contribution in [0, 0.1) is 5.92 Å². The van der Waals surface area contributed by atoms with Gasteiger partial charge in [-0.2, -0.15) is 0 Å². The number of fused-ring (bicyclic) bond motifs is 5. The lowest BCUT2D eigenvalue weighted by atomic mass is 9.86. The maximum Gasteiger partial charge on any atom is 0.415 e. The van der Waals surface area contributed by atoms with Crippen LogP contribution in [-0.2, 0) is 79.5 Å². The summed E-state index contributed by atoms with van der Waals surface area (Å²) in [5.41, 5.74) is 2.26. The zero-order valence-corrected chi connectivity index (χ0v) is 50.6. The summed E-state index contributed by atoms with van der Waals surface area (Å²) in [5.74, 6) is -3.01. The maximum atomic E-state index is 14.1. The molecule has 0 bridgehead atoms. The second-order valence-corrected chi connectivity index (χ2v) is 22.1. The van der Waals surface area contributed by atoms with Crippen LogP contribution >= 0.6 is 0 Å². The third-order valence-electron chi connectivity index (χ3n) is 15.2. The highest BCUT2D eigenvalue weighted by molar-refractivity contribution is 6.12. The molecule has 26 heteroatoms. The number of rotatable bonds is 29. The number of nitrogens with one attached hydrogen (secondary N) is 3. The van der Waals surface area contributed by atoms with Gasteiger partial charge in [-0.3, -0.25) is 33.7 Å². The number of carbonyl (C=O) groups excluding carboxylic acids is 9. The number of aryl methyl sites for hydroxylation is 1. The normalized spacial score (nSPS) is 15.2. The predicted octanol–water partition coefficient (Wildman–Crippen LogP) is 4.04. The molecule has 87 heavy (non-hydrogen) atoms. The van der Waals surface area contributed by atoms with Crippen molar-refractivity contribution in [2.75, 3.05) is 99.1 Å². The van der Waals surface area contributed by atoms with Gasteiger partial charge in [0.05, 0.1) is 48.8 Å². The number of hydrogen-bond acceptors (Lipinski definition) is 18. The van der Waals surface area contributed by atoms with Gasteiger partial charge in [0.1, 0.15) is 31.6 Å². The summed E-state index contributed by atoms with van der Waals surface area (Å²) < 4.78 is 29.5. The fraction of sp³-hybridized carbons (Fsp3) is 0.492. The number of unbranched alkanes of at least 4 members (excludes halogenated alkanes) is 2. The molecule has 2 atom stereocenters. The summed E-state index contributed by atoms with van der Waals surface area (Å²) in [5, 5.41) is 20.0. The van der Waals surface area contributed by atoms with Crippen molar-refractivity contribution in [3.8, 4) is 17.1 Å². The van der Waals surface area contributed by atoms with Crippen LogP contribution in [0.2, 0.25) is 0 Å². The first-order chi connectivity index (χ1) is 41.5. The summed E-state index contributed by atoms with van der Waals surface area (Å²) in [6, 6.07) is 12.3. The molecule has 0 unspecified atom stereocenters. The van der Waals surface area contributed by atoms with Crippen LogP contribution in [0.3, 0.4) is 0 Å².